The summed E-state index contributed by atoms with van der Waals surface area (Å²) < 4.78 is 35.4. The molecule has 1 aliphatic heterocycles. The number of hydrogen-bond donors (Lipinski definition) is 1. The fourth-order valence-electron chi connectivity index (χ4n) is 2.37. The molecule has 0 bridgehead atoms. The summed E-state index contributed by atoms with van der Waals surface area (Å²) in [7, 11) is -2.24. The molecule has 1 heterocycles. The number of rotatable bonds is 5. The SMILES string of the molecule is COc1ccc(C(=O)O)cc1S(=O)(=O)CC1CCOCC1. The second kappa shape index (κ2) is 6.44. The third kappa shape index (κ3) is 3.74. The Morgan fingerprint density at radius 2 is 2.05 bits per heavy atom. The first-order valence-corrected chi connectivity index (χ1v) is 8.31. The molecule has 0 aromatic heterocycles. The Bertz CT molecular complexity index is 616. The number of carboxylic acids is 1. The van der Waals surface area contributed by atoms with Gasteiger partial charge >= 0.3 is 5.97 Å². The zero-order chi connectivity index (χ0) is 15.5. The van der Waals surface area contributed by atoms with E-state index in [0.717, 1.165) is 6.07 Å². The highest BCUT2D eigenvalue weighted by Crippen LogP contribution is 2.29. The number of carboxylic acid groups (broad SMARTS) is 1. The lowest BCUT2D eigenvalue weighted by Crippen LogP contribution is -2.24. The van der Waals surface area contributed by atoms with Gasteiger partial charge in [0.2, 0.25) is 0 Å². The van der Waals surface area contributed by atoms with Crippen molar-refractivity contribution in [3.05, 3.63) is 23.8 Å². The fourth-order valence-corrected chi connectivity index (χ4v) is 4.26. The molecule has 0 radical (unpaired) electrons. The molecule has 0 amide bonds. The summed E-state index contributed by atoms with van der Waals surface area (Å²) in [6.07, 6.45) is 1.39. The molecule has 0 atom stereocenters. The molecular weight excluding hydrogens is 296 g/mol. The monoisotopic (exact) mass is 314 g/mol. The highest BCUT2D eigenvalue weighted by Gasteiger charge is 2.26. The summed E-state index contributed by atoms with van der Waals surface area (Å²) >= 11 is 0. The second-order valence-electron chi connectivity index (χ2n) is 5.01. The normalized spacial score (nSPS) is 16.6. The maximum atomic E-state index is 12.5. The van der Waals surface area contributed by atoms with Gasteiger partial charge in [-0.25, -0.2) is 13.2 Å². The van der Waals surface area contributed by atoms with Crippen LogP contribution in [0.4, 0.5) is 0 Å². The van der Waals surface area contributed by atoms with Crippen LogP contribution in [-0.2, 0) is 14.6 Å². The summed E-state index contributed by atoms with van der Waals surface area (Å²) in [4.78, 5) is 11.0. The summed E-state index contributed by atoms with van der Waals surface area (Å²) in [5, 5.41) is 9.01. The van der Waals surface area contributed by atoms with Crippen LogP contribution in [0.2, 0.25) is 0 Å². The predicted octanol–water partition coefficient (Wildman–Crippen LogP) is 1.59. The lowest BCUT2D eigenvalue weighted by molar-refractivity contribution is 0.0696. The Hall–Kier alpha value is -1.60. The van der Waals surface area contributed by atoms with Crippen molar-refractivity contribution in [2.24, 2.45) is 5.92 Å². The van der Waals surface area contributed by atoms with Crippen LogP contribution >= 0.6 is 0 Å². The van der Waals surface area contributed by atoms with E-state index in [9.17, 15) is 13.2 Å². The van der Waals surface area contributed by atoms with Crippen LogP contribution in [0, 0.1) is 5.92 Å². The molecular formula is C14H18O6S. The molecule has 21 heavy (non-hydrogen) atoms. The molecule has 116 valence electrons. The van der Waals surface area contributed by atoms with E-state index in [2.05, 4.69) is 0 Å². The number of methoxy groups -OCH3 is 1. The zero-order valence-electron chi connectivity index (χ0n) is 11.7. The van der Waals surface area contributed by atoms with Crippen molar-refractivity contribution in [3.8, 4) is 5.75 Å². The molecule has 2 rings (SSSR count). The Morgan fingerprint density at radius 1 is 1.38 bits per heavy atom. The number of carbonyl (C=O) groups is 1. The first-order chi connectivity index (χ1) is 9.94. The molecule has 1 aromatic carbocycles. The van der Waals surface area contributed by atoms with Crippen LogP contribution < -0.4 is 4.74 Å². The van der Waals surface area contributed by atoms with Gasteiger partial charge in [-0.2, -0.15) is 0 Å². The molecule has 1 saturated heterocycles. The standard InChI is InChI=1S/C14H18O6S/c1-19-12-3-2-11(14(15)16)8-13(12)21(17,18)9-10-4-6-20-7-5-10/h2-3,8,10H,4-7,9H2,1H3,(H,15,16). The summed E-state index contributed by atoms with van der Waals surface area (Å²) in [6, 6.07) is 3.87. The van der Waals surface area contributed by atoms with Gasteiger partial charge in [0.05, 0.1) is 18.4 Å². The molecule has 6 nitrogen and oxygen atoms in total. The molecule has 1 N–H and O–H groups in total. The third-order valence-corrected chi connectivity index (χ3v) is 5.44. The van der Waals surface area contributed by atoms with Crippen LogP contribution in [-0.4, -0.2) is 45.6 Å². The van der Waals surface area contributed by atoms with Crippen LogP contribution in [0.5, 0.6) is 5.75 Å². The van der Waals surface area contributed by atoms with Crippen molar-refractivity contribution in [3.63, 3.8) is 0 Å². The van der Waals surface area contributed by atoms with E-state index < -0.39 is 15.8 Å². The Kier molecular flexibility index (Phi) is 4.84. The molecule has 1 aromatic rings. The maximum Gasteiger partial charge on any atom is 0.335 e. The van der Waals surface area contributed by atoms with E-state index in [1.165, 1.54) is 19.2 Å². The Labute approximate surface area is 123 Å². The van der Waals surface area contributed by atoms with Gasteiger partial charge in [0, 0.05) is 13.2 Å². The van der Waals surface area contributed by atoms with E-state index in [1.807, 2.05) is 0 Å². The van der Waals surface area contributed by atoms with Crippen molar-refractivity contribution in [1.29, 1.82) is 0 Å². The highest BCUT2D eigenvalue weighted by atomic mass is 32.2. The van der Waals surface area contributed by atoms with Crippen molar-refractivity contribution in [2.45, 2.75) is 17.7 Å². The van der Waals surface area contributed by atoms with Crippen molar-refractivity contribution in [1.82, 2.24) is 0 Å². The fraction of sp³-hybridized carbons (Fsp3) is 0.500. The van der Waals surface area contributed by atoms with Gasteiger partial charge < -0.3 is 14.6 Å². The molecule has 0 spiro atoms. The third-order valence-electron chi connectivity index (χ3n) is 3.54. The lowest BCUT2D eigenvalue weighted by Gasteiger charge is -2.22. The van der Waals surface area contributed by atoms with Gasteiger partial charge in [0.15, 0.2) is 9.84 Å². The topological polar surface area (TPSA) is 89.9 Å². The Balaban J connectivity index is 2.32. The summed E-state index contributed by atoms with van der Waals surface area (Å²) in [5.41, 5.74) is -0.0682. The average Bonchev–Trinajstić information content (AvgIpc) is 2.47. The highest BCUT2D eigenvalue weighted by molar-refractivity contribution is 7.91. The number of aromatic carboxylic acids is 1. The van der Waals surface area contributed by atoms with Gasteiger partial charge in [-0.05, 0) is 37.0 Å². The number of ether oxygens (including phenoxy) is 2. The van der Waals surface area contributed by atoms with Gasteiger partial charge in [-0.1, -0.05) is 0 Å². The van der Waals surface area contributed by atoms with E-state index in [-0.39, 0.29) is 27.9 Å². The van der Waals surface area contributed by atoms with Crippen LogP contribution in [0.1, 0.15) is 23.2 Å². The van der Waals surface area contributed by atoms with E-state index >= 15 is 0 Å². The van der Waals surface area contributed by atoms with Crippen LogP contribution in [0.15, 0.2) is 23.1 Å². The quantitative estimate of drug-likeness (QED) is 0.887. The minimum absolute atomic E-state index is 0.0181. The minimum atomic E-state index is -3.60. The van der Waals surface area contributed by atoms with Gasteiger partial charge in [-0.3, -0.25) is 0 Å². The number of benzene rings is 1. The molecule has 0 unspecified atom stereocenters. The van der Waals surface area contributed by atoms with Gasteiger partial charge in [0.25, 0.3) is 0 Å². The molecule has 0 saturated carbocycles. The van der Waals surface area contributed by atoms with Gasteiger partial charge in [0.1, 0.15) is 10.6 Å². The van der Waals surface area contributed by atoms with Crippen molar-refractivity contribution in [2.75, 3.05) is 26.1 Å². The number of sulfone groups is 1. The first-order valence-electron chi connectivity index (χ1n) is 6.66. The predicted molar refractivity (Wildman–Crippen MR) is 75.5 cm³/mol. The Morgan fingerprint density at radius 3 is 2.62 bits per heavy atom. The molecule has 7 heteroatoms. The van der Waals surface area contributed by atoms with Crippen molar-refractivity contribution < 1.29 is 27.8 Å². The summed E-state index contributed by atoms with van der Waals surface area (Å²) in [5.74, 6) is -0.982. The van der Waals surface area contributed by atoms with Crippen molar-refractivity contribution >= 4 is 15.8 Å². The smallest absolute Gasteiger partial charge is 0.335 e. The largest absolute Gasteiger partial charge is 0.495 e. The van der Waals surface area contributed by atoms with Crippen LogP contribution in [0.3, 0.4) is 0 Å². The molecule has 1 aliphatic rings. The zero-order valence-corrected chi connectivity index (χ0v) is 12.6. The number of hydrogen-bond acceptors (Lipinski definition) is 5. The first kappa shape index (κ1) is 15.8. The van der Waals surface area contributed by atoms with Crippen LogP contribution in [0.25, 0.3) is 0 Å². The maximum absolute atomic E-state index is 12.5. The lowest BCUT2D eigenvalue weighted by atomic mass is 10.0. The minimum Gasteiger partial charge on any atom is -0.495 e. The van der Waals surface area contributed by atoms with E-state index in [1.54, 1.807) is 0 Å². The second-order valence-corrected chi connectivity index (χ2v) is 7.01. The molecule has 0 aliphatic carbocycles. The van der Waals surface area contributed by atoms with E-state index in [0.29, 0.717) is 26.1 Å². The van der Waals surface area contributed by atoms with E-state index in [4.69, 9.17) is 14.6 Å². The molecule has 1 fully saturated rings. The average molecular weight is 314 g/mol. The summed E-state index contributed by atoms with van der Waals surface area (Å²) in [6.45, 7) is 1.12. The van der Waals surface area contributed by atoms with Gasteiger partial charge in [-0.15, -0.1) is 0 Å².